The first-order valence-corrected chi connectivity index (χ1v) is 8.83. The number of rotatable bonds is 3. The number of anilines is 1. The third kappa shape index (κ3) is 3.98. The van der Waals surface area contributed by atoms with Gasteiger partial charge in [0.25, 0.3) is 0 Å². The third-order valence-corrected chi connectivity index (χ3v) is 5.10. The fourth-order valence-electron chi connectivity index (χ4n) is 3.61. The largest absolute Gasteiger partial charge is 0.396 e. The Kier molecular flexibility index (Phi) is 5.56. The number of likely N-dealkylation sites (tertiary alicyclic amines) is 1. The average molecular weight is 335 g/mol. The molecule has 1 aromatic rings. The molecular formula is C18H26FN3O2. The van der Waals surface area contributed by atoms with Crippen LogP contribution in [-0.4, -0.2) is 54.9 Å². The number of para-hydroxylation sites is 1. The maximum absolute atomic E-state index is 14.0. The molecule has 0 aliphatic carbocycles. The van der Waals surface area contributed by atoms with E-state index in [4.69, 9.17) is 0 Å². The zero-order valence-corrected chi connectivity index (χ0v) is 14.0. The van der Waals surface area contributed by atoms with Crippen molar-refractivity contribution in [3.8, 4) is 0 Å². The number of amides is 2. The smallest absolute Gasteiger partial charge is 0.317 e. The molecule has 0 spiro atoms. The van der Waals surface area contributed by atoms with Crippen LogP contribution in [0.3, 0.4) is 0 Å². The van der Waals surface area contributed by atoms with Gasteiger partial charge in [0.05, 0.1) is 5.69 Å². The van der Waals surface area contributed by atoms with E-state index in [1.807, 2.05) is 15.9 Å². The van der Waals surface area contributed by atoms with Gasteiger partial charge in [0.1, 0.15) is 5.82 Å². The van der Waals surface area contributed by atoms with Crippen molar-refractivity contribution in [1.29, 1.82) is 0 Å². The van der Waals surface area contributed by atoms with Crippen LogP contribution in [-0.2, 0) is 0 Å². The molecule has 1 unspecified atom stereocenters. The maximum atomic E-state index is 14.0. The maximum Gasteiger partial charge on any atom is 0.317 e. The van der Waals surface area contributed by atoms with E-state index in [-0.39, 0.29) is 24.5 Å². The van der Waals surface area contributed by atoms with Crippen molar-refractivity contribution in [2.45, 2.75) is 31.7 Å². The topological polar surface area (TPSA) is 55.8 Å². The van der Waals surface area contributed by atoms with E-state index in [0.29, 0.717) is 31.2 Å². The van der Waals surface area contributed by atoms with Crippen LogP contribution in [0.15, 0.2) is 24.3 Å². The van der Waals surface area contributed by atoms with Gasteiger partial charge in [-0.2, -0.15) is 0 Å². The van der Waals surface area contributed by atoms with Crippen LogP contribution in [0.1, 0.15) is 25.7 Å². The van der Waals surface area contributed by atoms with Crippen LogP contribution in [0.4, 0.5) is 14.9 Å². The van der Waals surface area contributed by atoms with Crippen LogP contribution in [0.25, 0.3) is 0 Å². The molecule has 3 rings (SSSR count). The van der Waals surface area contributed by atoms with Crippen molar-refractivity contribution in [3.63, 3.8) is 0 Å². The van der Waals surface area contributed by atoms with Crippen LogP contribution >= 0.6 is 0 Å². The van der Waals surface area contributed by atoms with E-state index in [1.54, 1.807) is 12.1 Å². The van der Waals surface area contributed by atoms with E-state index in [9.17, 15) is 14.3 Å². The molecule has 2 heterocycles. The van der Waals surface area contributed by atoms with E-state index in [0.717, 1.165) is 32.2 Å². The normalized spacial score (nSPS) is 22.5. The second-order valence-electron chi connectivity index (χ2n) is 6.80. The molecule has 0 saturated carbocycles. The molecule has 1 aromatic carbocycles. The Morgan fingerprint density at radius 3 is 2.67 bits per heavy atom. The van der Waals surface area contributed by atoms with Gasteiger partial charge in [-0.25, -0.2) is 9.18 Å². The second kappa shape index (κ2) is 7.83. The molecule has 24 heavy (non-hydrogen) atoms. The van der Waals surface area contributed by atoms with Crippen molar-refractivity contribution < 1.29 is 14.3 Å². The fraction of sp³-hybridized carbons (Fsp3) is 0.611. The summed E-state index contributed by atoms with van der Waals surface area (Å²) in [5, 5.41) is 12.3. The Hall–Kier alpha value is -1.82. The number of carbonyl (C=O) groups excluding carboxylic acids is 1. The van der Waals surface area contributed by atoms with Gasteiger partial charge in [-0.05, 0) is 43.7 Å². The minimum absolute atomic E-state index is 0.0354. The molecule has 0 radical (unpaired) electrons. The highest BCUT2D eigenvalue weighted by Crippen LogP contribution is 2.23. The van der Waals surface area contributed by atoms with Crippen molar-refractivity contribution >= 4 is 11.7 Å². The molecular weight excluding hydrogens is 309 g/mol. The highest BCUT2D eigenvalue weighted by atomic mass is 19.1. The molecule has 2 aliphatic rings. The summed E-state index contributed by atoms with van der Waals surface area (Å²) in [6.45, 7) is 3.05. The Balaban J connectivity index is 1.54. The fourth-order valence-corrected chi connectivity index (χ4v) is 3.61. The molecule has 0 bridgehead atoms. The van der Waals surface area contributed by atoms with Crippen LogP contribution < -0.4 is 10.2 Å². The Morgan fingerprint density at radius 2 is 1.96 bits per heavy atom. The predicted octanol–water partition coefficient (Wildman–Crippen LogP) is 2.21. The number of hydrogen-bond acceptors (Lipinski definition) is 3. The first-order chi connectivity index (χ1) is 11.7. The van der Waals surface area contributed by atoms with Crippen molar-refractivity contribution in [1.82, 2.24) is 10.2 Å². The number of aliphatic hydroxyl groups excluding tert-OH is 1. The lowest BCUT2D eigenvalue weighted by Crippen LogP contribution is -2.53. The monoisotopic (exact) mass is 335 g/mol. The number of aliphatic hydroxyl groups is 1. The Labute approximate surface area is 142 Å². The molecule has 2 fully saturated rings. The van der Waals surface area contributed by atoms with Crippen LogP contribution in [0.5, 0.6) is 0 Å². The zero-order chi connectivity index (χ0) is 16.9. The second-order valence-corrected chi connectivity index (χ2v) is 6.80. The number of urea groups is 1. The standard InChI is InChI=1S/C18H26FN3O2/c19-16-5-1-2-6-17(16)22-9-3-4-15(12-22)20-18(24)21-10-7-14(13-23)8-11-21/h1-2,5-6,14-15,23H,3-4,7-13H2,(H,20,24). The lowest BCUT2D eigenvalue weighted by atomic mass is 9.98. The lowest BCUT2D eigenvalue weighted by molar-refractivity contribution is 0.135. The Morgan fingerprint density at radius 1 is 1.21 bits per heavy atom. The number of hydrogen-bond donors (Lipinski definition) is 2. The van der Waals surface area contributed by atoms with Crippen molar-refractivity contribution in [3.05, 3.63) is 30.1 Å². The molecule has 2 saturated heterocycles. The SMILES string of the molecule is O=C(NC1CCCN(c2ccccc2F)C1)N1CCC(CO)CC1. The molecule has 1 atom stereocenters. The summed E-state index contributed by atoms with van der Waals surface area (Å²) in [6, 6.07) is 6.81. The minimum atomic E-state index is -0.212. The highest BCUT2D eigenvalue weighted by Gasteiger charge is 2.27. The molecule has 2 N–H and O–H groups in total. The first kappa shape index (κ1) is 17.0. The highest BCUT2D eigenvalue weighted by molar-refractivity contribution is 5.74. The number of benzene rings is 1. The van der Waals surface area contributed by atoms with Gasteiger partial charge in [-0.3, -0.25) is 0 Å². The summed E-state index contributed by atoms with van der Waals surface area (Å²) >= 11 is 0. The number of halogens is 1. The molecule has 6 heteroatoms. The summed E-state index contributed by atoms with van der Waals surface area (Å²) in [6.07, 6.45) is 3.57. The van der Waals surface area contributed by atoms with Gasteiger partial charge in [0.2, 0.25) is 0 Å². The van der Waals surface area contributed by atoms with Gasteiger partial charge < -0.3 is 20.2 Å². The molecule has 5 nitrogen and oxygen atoms in total. The van der Waals surface area contributed by atoms with Gasteiger partial charge in [-0.15, -0.1) is 0 Å². The quantitative estimate of drug-likeness (QED) is 0.890. The van der Waals surface area contributed by atoms with Crippen LogP contribution in [0, 0.1) is 11.7 Å². The molecule has 132 valence electrons. The molecule has 2 aliphatic heterocycles. The van der Waals surface area contributed by atoms with Gasteiger partial charge in [0, 0.05) is 38.8 Å². The van der Waals surface area contributed by atoms with Crippen molar-refractivity contribution in [2.75, 3.05) is 37.7 Å². The van der Waals surface area contributed by atoms with E-state index >= 15 is 0 Å². The number of carbonyl (C=O) groups is 1. The zero-order valence-electron chi connectivity index (χ0n) is 14.0. The first-order valence-electron chi connectivity index (χ1n) is 8.83. The van der Waals surface area contributed by atoms with Gasteiger partial charge in [-0.1, -0.05) is 12.1 Å². The summed E-state index contributed by atoms with van der Waals surface area (Å²) in [5.74, 6) is 0.107. The van der Waals surface area contributed by atoms with E-state index < -0.39 is 0 Å². The molecule has 2 amide bonds. The lowest BCUT2D eigenvalue weighted by Gasteiger charge is -2.37. The van der Waals surface area contributed by atoms with Crippen LogP contribution in [0.2, 0.25) is 0 Å². The van der Waals surface area contributed by atoms with Gasteiger partial charge in [0.15, 0.2) is 0 Å². The van der Waals surface area contributed by atoms with E-state index in [1.165, 1.54) is 6.07 Å². The number of piperidine rings is 2. The van der Waals surface area contributed by atoms with Gasteiger partial charge >= 0.3 is 6.03 Å². The van der Waals surface area contributed by atoms with E-state index in [2.05, 4.69) is 5.32 Å². The summed E-state index contributed by atoms with van der Waals surface area (Å²) in [5.41, 5.74) is 0.611. The third-order valence-electron chi connectivity index (χ3n) is 5.10. The predicted molar refractivity (Wildman–Crippen MR) is 91.5 cm³/mol. The minimum Gasteiger partial charge on any atom is -0.396 e. The summed E-state index contributed by atoms with van der Waals surface area (Å²) in [4.78, 5) is 16.3. The Bertz CT molecular complexity index is 561. The summed E-state index contributed by atoms with van der Waals surface area (Å²) in [7, 11) is 0. The summed E-state index contributed by atoms with van der Waals surface area (Å²) < 4.78 is 14.0. The van der Waals surface area contributed by atoms with Crippen molar-refractivity contribution in [2.24, 2.45) is 5.92 Å². The molecule has 0 aromatic heterocycles. The number of nitrogens with zero attached hydrogens (tertiary/aromatic N) is 2. The number of nitrogens with one attached hydrogen (secondary N) is 1. The average Bonchev–Trinajstić information content (AvgIpc) is 2.62.